The van der Waals surface area contributed by atoms with Crippen LogP contribution in [0, 0.1) is 0 Å². The van der Waals surface area contributed by atoms with Gasteiger partial charge in [0.2, 0.25) is 0 Å². The van der Waals surface area contributed by atoms with Crippen LogP contribution in [0.25, 0.3) is 0 Å². The molecule has 0 radical (unpaired) electrons. The first kappa shape index (κ1) is 23.0. The van der Waals surface area contributed by atoms with E-state index in [2.05, 4.69) is 0 Å². The van der Waals surface area contributed by atoms with E-state index in [0.29, 0.717) is 0 Å². The molecular weight excluding hydrogens is 399 g/mol. The second kappa shape index (κ2) is 12.3. The molecule has 0 aliphatic carbocycles. The topological polar surface area (TPSA) is 63.6 Å². The number of aliphatic hydroxyl groups is 1. The zero-order valence-electron chi connectivity index (χ0n) is 14.6. The highest BCUT2D eigenvalue weighted by atomic mass is 35.5. The molecule has 0 spiro atoms. The Hall–Kier alpha value is -1.07. The third-order valence-corrected chi connectivity index (χ3v) is 4.95. The minimum absolute atomic E-state index is 0.00408. The van der Waals surface area contributed by atoms with Crippen molar-refractivity contribution in [3.63, 3.8) is 0 Å². The van der Waals surface area contributed by atoms with Crippen molar-refractivity contribution in [2.75, 3.05) is 0 Å². The number of rotatable bonds is 10. The third-order valence-electron chi connectivity index (χ3n) is 3.66. The molecule has 1 N–H and O–H groups in total. The van der Waals surface area contributed by atoms with Crippen molar-refractivity contribution in [3.05, 3.63) is 44.9 Å². The number of hydrogen-bond donors (Lipinski definition) is 1. The van der Waals surface area contributed by atoms with E-state index in [9.17, 15) is 9.59 Å². The molecule has 0 saturated carbocycles. The standard InChI is InChI=1S/C19H23Cl3O4/c1-13(23)9-7-5-3-2-4-6-8-10-16(24)26-19(25)14-11-12-15(20)18(22)17(14)21/h6,8,11-13,23H,2-5,7,9-10H2,1H3/b8-6-/t13-/m0/s1. The second-order valence-corrected chi connectivity index (χ2v) is 7.16. The number of aliphatic hydroxyl groups excluding tert-OH is 1. The lowest BCUT2D eigenvalue weighted by molar-refractivity contribution is -0.136. The first-order chi connectivity index (χ1) is 12.3. The minimum atomic E-state index is -0.856. The molecule has 0 aliphatic rings. The average Bonchev–Trinajstić information content (AvgIpc) is 2.57. The lowest BCUT2D eigenvalue weighted by atomic mass is 10.1. The maximum atomic E-state index is 12.0. The van der Waals surface area contributed by atoms with Crippen LogP contribution in [0.4, 0.5) is 0 Å². The monoisotopic (exact) mass is 420 g/mol. The summed E-state index contributed by atoms with van der Waals surface area (Å²) in [5, 5.41) is 9.38. The predicted molar refractivity (Wildman–Crippen MR) is 105 cm³/mol. The molecule has 4 nitrogen and oxygen atoms in total. The summed E-state index contributed by atoms with van der Waals surface area (Å²) in [5.74, 6) is -1.52. The Morgan fingerprint density at radius 1 is 1.08 bits per heavy atom. The van der Waals surface area contributed by atoms with Crippen LogP contribution in [-0.2, 0) is 9.53 Å². The summed E-state index contributed by atoms with van der Waals surface area (Å²) in [4.78, 5) is 23.7. The van der Waals surface area contributed by atoms with Gasteiger partial charge in [0, 0.05) is 0 Å². The van der Waals surface area contributed by atoms with Crippen LogP contribution >= 0.6 is 34.8 Å². The first-order valence-electron chi connectivity index (χ1n) is 8.54. The van der Waals surface area contributed by atoms with Gasteiger partial charge in [-0.15, -0.1) is 0 Å². The lowest BCUT2D eigenvalue weighted by Gasteiger charge is -2.06. The minimum Gasteiger partial charge on any atom is -0.393 e. The van der Waals surface area contributed by atoms with E-state index in [1.54, 1.807) is 13.0 Å². The van der Waals surface area contributed by atoms with Crippen molar-refractivity contribution in [1.29, 1.82) is 0 Å². The summed E-state index contributed by atoms with van der Waals surface area (Å²) in [7, 11) is 0. The zero-order chi connectivity index (χ0) is 19.5. The smallest absolute Gasteiger partial charge is 0.347 e. The Labute approximate surface area is 169 Å². The van der Waals surface area contributed by atoms with Crippen LogP contribution in [0.2, 0.25) is 15.1 Å². The predicted octanol–water partition coefficient (Wildman–Crippen LogP) is 6.00. The fourth-order valence-corrected chi connectivity index (χ4v) is 2.85. The Bertz CT molecular complexity index is 642. The number of benzene rings is 1. The molecule has 144 valence electrons. The summed E-state index contributed by atoms with van der Waals surface area (Å²) in [6.45, 7) is 1.79. The van der Waals surface area contributed by atoms with Crippen molar-refractivity contribution in [2.45, 2.75) is 58.0 Å². The van der Waals surface area contributed by atoms with E-state index >= 15 is 0 Å². The quantitative estimate of drug-likeness (QED) is 0.165. The number of ether oxygens (including phenoxy) is 1. The zero-order valence-corrected chi connectivity index (χ0v) is 16.9. The van der Waals surface area contributed by atoms with Crippen LogP contribution in [0.1, 0.15) is 62.2 Å². The van der Waals surface area contributed by atoms with Crippen molar-refractivity contribution < 1.29 is 19.4 Å². The van der Waals surface area contributed by atoms with E-state index in [4.69, 9.17) is 44.6 Å². The molecule has 1 rings (SSSR count). The van der Waals surface area contributed by atoms with E-state index in [1.165, 1.54) is 12.1 Å². The molecule has 0 saturated heterocycles. The normalized spacial score (nSPS) is 12.3. The van der Waals surface area contributed by atoms with Crippen LogP contribution in [0.5, 0.6) is 0 Å². The summed E-state index contributed by atoms with van der Waals surface area (Å²) in [6.07, 6.45) is 9.24. The SMILES string of the molecule is C[C@H](O)CCCCCC/C=C\CC(=O)OC(=O)c1ccc(Cl)c(Cl)c1Cl. The van der Waals surface area contributed by atoms with Gasteiger partial charge in [-0.2, -0.15) is 0 Å². The van der Waals surface area contributed by atoms with Crippen molar-refractivity contribution in [3.8, 4) is 0 Å². The van der Waals surface area contributed by atoms with E-state index < -0.39 is 11.9 Å². The Morgan fingerprint density at radius 2 is 1.77 bits per heavy atom. The van der Waals surface area contributed by atoms with Gasteiger partial charge in [0.05, 0.1) is 33.2 Å². The summed E-state index contributed by atoms with van der Waals surface area (Å²) in [6, 6.07) is 2.78. The van der Waals surface area contributed by atoms with Gasteiger partial charge in [0.15, 0.2) is 0 Å². The molecule has 7 heteroatoms. The third kappa shape index (κ3) is 8.54. The van der Waals surface area contributed by atoms with Gasteiger partial charge >= 0.3 is 11.9 Å². The molecule has 0 amide bonds. The molecule has 26 heavy (non-hydrogen) atoms. The van der Waals surface area contributed by atoms with Gasteiger partial charge in [-0.25, -0.2) is 4.79 Å². The highest BCUT2D eigenvalue weighted by molar-refractivity contribution is 6.49. The number of carbonyl (C=O) groups is 2. The van der Waals surface area contributed by atoms with Crippen LogP contribution < -0.4 is 0 Å². The fourth-order valence-electron chi connectivity index (χ4n) is 2.24. The number of halogens is 3. The van der Waals surface area contributed by atoms with Gasteiger partial charge in [0.25, 0.3) is 0 Å². The van der Waals surface area contributed by atoms with Crippen LogP contribution in [-0.4, -0.2) is 23.1 Å². The number of allylic oxidation sites excluding steroid dienone is 1. The summed E-state index contributed by atoms with van der Waals surface area (Å²) in [5.41, 5.74) is -0.00408. The van der Waals surface area contributed by atoms with Gasteiger partial charge in [-0.3, -0.25) is 4.79 Å². The largest absolute Gasteiger partial charge is 0.393 e. The Morgan fingerprint density at radius 3 is 2.46 bits per heavy atom. The highest BCUT2D eigenvalue weighted by Gasteiger charge is 2.18. The van der Waals surface area contributed by atoms with Gasteiger partial charge in [0.1, 0.15) is 0 Å². The summed E-state index contributed by atoms with van der Waals surface area (Å²) < 4.78 is 4.76. The van der Waals surface area contributed by atoms with Gasteiger partial charge in [-0.05, 0) is 38.3 Å². The molecule has 1 aromatic carbocycles. The van der Waals surface area contributed by atoms with E-state index in [1.807, 2.05) is 6.08 Å². The van der Waals surface area contributed by atoms with E-state index in [0.717, 1.165) is 38.5 Å². The molecule has 0 unspecified atom stereocenters. The van der Waals surface area contributed by atoms with Crippen LogP contribution in [0.3, 0.4) is 0 Å². The number of carbonyl (C=O) groups excluding carboxylic acids is 2. The first-order valence-corrected chi connectivity index (χ1v) is 9.68. The molecule has 1 aromatic rings. The second-order valence-electron chi connectivity index (χ2n) is 6.00. The molecule has 0 bridgehead atoms. The molecule has 0 heterocycles. The summed E-state index contributed by atoms with van der Waals surface area (Å²) >= 11 is 17.6. The maximum Gasteiger partial charge on any atom is 0.347 e. The number of hydrogen-bond acceptors (Lipinski definition) is 4. The molecule has 0 aromatic heterocycles. The molecule has 1 atom stereocenters. The number of unbranched alkanes of at least 4 members (excludes halogenated alkanes) is 4. The highest BCUT2D eigenvalue weighted by Crippen LogP contribution is 2.32. The number of esters is 2. The van der Waals surface area contributed by atoms with Gasteiger partial charge < -0.3 is 9.84 Å². The Balaban J connectivity index is 2.28. The maximum absolute atomic E-state index is 12.0. The van der Waals surface area contributed by atoms with Crippen molar-refractivity contribution >= 4 is 46.7 Å². The van der Waals surface area contributed by atoms with Crippen molar-refractivity contribution in [1.82, 2.24) is 0 Å². The van der Waals surface area contributed by atoms with Gasteiger partial charge in [-0.1, -0.05) is 66.2 Å². The molecule has 0 fully saturated rings. The van der Waals surface area contributed by atoms with Crippen molar-refractivity contribution in [2.24, 2.45) is 0 Å². The van der Waals surface area contributed by atoms with Crippen LogP contribution in [0.15, 0.2) is 24.3 Å². The average molecular weight is 422 g/mol. The fraction of sp³-hybridized carbons (Fsp3) is 0.474. The Kier molecular flexibility index (Phi) is 10.9. The molecule has 0 aliphatic heterocycles. The lowest BCUT2D eigenvalue weighted by Crippen LogP contribution is -2.12. The van der Waals surface area contributed by atoms with E-state index in [-0.39, 0.29) is 33.2 Å². The molecular formula is C19H23Cl3O4.